The lowest BCUT2D eigenvalue weighted by Crippen LogP contribution is -2.27. The summed E-state index contributed by atoms with van der Waals surface area (Å²) in [4.78, 5) is 34.8. The number of para-hydroxylation sites is 2. The summed E-state index contributed by atoms with van der Waals surface area (Å²) >= 11 is 2.98. The number of amides is 1. The predicted molar refractivity (Wildman–Crippen MR) is 118 cm³/mol. The van der Waals surface area contributed by atoms with Crippen molar-refractivity contribution < 1.29 is 4.79 Å². The van der Waals surface area contributed by atoms with Gasteiger partial charge in [-0.15, -0.1) is 22.7 Å². The second-order valence-electron chi connectivity index (χ2n) is 6.40. The Morgan fingerprint density at radius 1 is 1.07 bits per heavy atom. The third-order valence-electron chi connectivity index (χ3n) is 4.49. The molecule has 0 bridgehead atoms. The molecule has 0 unspecified atom stereocenters. The van der Waals surface area contributed by atoms with E-state index in [0.29, 0.717) is 15.9 Å². The number of rotatable bonds is 4. The summed E-state index contributed by atoms with van der Waals surface area (Å²) in [6, 6.07) is 17.2. The third-order valence-corrected chi connectivity index (χ3v) is 6.38. The normalized spacial score (nSPS) is 11.2. The maximum Gasteiger partial charge on any atom is 0.262 e. The van der Waals surface area contributed by atoms with Crippen LogP contribution in [0, 0.1) is 0 Å². The Morgan fingerprint density at radius 3 is 2.79 bits per heavy atom. The fraction of sp³-hybridized carbons (Fsp3) is 0.0476. The van der Waals surface area contributed by atoms with Crippen molar-refractivity contribution >= 4 is 54.7 Å². The van der Waals surface area contributed by atoms with E-state index in [-0.39, 0.29) is 18.0 Å². The van der Waals surface area contributed by atoms with E-state index in [2.05, 4.69) is 15.3 Å². The minimum Gasteiger partial charge on any atom is -0.324 e. The van der Waals surface area contributed by atoms with Gasteiger partial charge in [0.05, 0.1) is 27.6 Å². The first kappa shape index (κ1) is 17.7. The van der Waals surface area contributed by atoms with E-state index < -0.39 is 0 Å². The summed E-state index contributed by atoms with van der Waals surface area (Å²) in [7, 11) is 0. The molecule has 0 aliphatic carbocycles. The summed E-state index contributed by atoms with van der Waals surface area (Å²) in [5.74, 6) is -0.294. The van der Waals surface area contributed by atoms with Crippen LogP contribution in [0.4, 0.5) is 5.69 Å². The highest BCUT2D eigenvalue weighted by molar-refractivity contribution is 7.21. The van der Waals surface area contributed by atoms with E-state index in [9.17, 15) is 9.59 Å². The molecule has 0 saturated heterocycles. The molecular weight excluding hydrogens is 404 g/mol. The summed E-state index contributed by atoms with van der Waals surface area (Å²) in [6.45, 7) is -0.105. The molecule has 0 radical (unpaired) electrons. The topological polar surface area (TPSA) is 76.9 Å². The van der Waals surface area contributed by atoms with Crippen molar-refractivity contribution in [1.82, 2.24) is 14.5 Å². The van der Waals surface area contributed by atoms with Crippen molar-refractivity contribution in [2.75, 3.05) is 5.32 Å². The zero-order valence-corrected chi connectivity index (χ0v) is 16.7. The van der Waals surface area contributed by atoms with Crippen molar-refractivity contribution in [3.05, 3.63) is 76.7 Å². The lowest BCUT2D eigenvalue weighted by Gasteiger charge is -2.10. The highest BCUT2D eigenvalue weighted by Crippen LogP contribution is 2.34. The highest BCUT2D eigenvalue weighted by Gasteiger charge is 2.14. The van der Waals surface area contributed by atoms with Crippen LogP contribution in [0.2, 0.25) is 0 Å². The van der Waals surface area contributed by atoms with Gasteiger partial charge in [0.25, 0.3) is 5.56 Å². The average molecular weight is 419 g/mol. The zero-order chi connectivity index (χ0) is 19.8. The summed E-state index contributed by atoms with van der Waals surface area (Å²) in [6.07, 6.45) is 1.42. The highest BCUT2D eigenvalue weighted by atomic mass is 32.1. The number of aromatic nitrogens is 3. The molecule has 3 heterocycles. The molecule has 0 atom stereocenters. The van der Waals surface area contributed by atoms with Crippen molar-refractivity contribution in [1.29, 1.82) is 0 Å². The van der Waals surface area contributed by atoms with Gasteiger partial charge in [-0.25, -0.2) is 9.97 Å². The first-order valence-electron chi connectivity index (χ1n) is 8.86. The molecule has 1 amide bonds. The number of hydrogen-bond acceptors (Lipinski definition) is 6. The minimum atomic E-state index is -0.294. The molecule has 1 N–H and O–H groups in total. The van der Waals surface area contributed by atoms with Gasteiger partial charge in [-0.05, 0) is 35.7 Å². The first-order chi connectivity index (χ1) is 14.2. The Bertz CT molecular complexity index is 1380. The van der Waals surface area contributed by atoms with Gasteiger partial charge in [-0.3, -0.25) is 14.2 Å². The minimum absolute atomic E-state index is 0.105. The maximum atomic E-state index is 12.7. The van der Waals surface area contributed by atoms with Gasteiger partial charge in [0.15, 0.2) is 0 Å². The van der Waals surface area contributed by atoms with E-state index in [1.165, 1.54) is 22.2 Å². The Hall–Kier alpha value is -3.36. The Kier molecular flexibility index (Phi) is 4.42. The van der Waals surface area contributed by atoms with Crippen molar-refractivity contribution in [3.8, 4) is 10.6 Å². The van der Waals surface area contributed by atoms with Crippen LogP contribution in [0.25, 0.3) is 31.0 Å². The lowest BCUT2D eigenvalue weighted by molar-refractivity contribution is -0.116. The summed E-state index contributed by atoms with van der Waals surface area (Å²) in [5.41, 5.74) is 2.22. The van der Waals surface area contributed by atoms with E-state index in [1.807, 2.05) is 53.9 Å². The molecule has 0 aliphatic rings. The first-order valence-corrected chi connectivity index (χ1v) is 10.6. The van der Waals surface area contributed by atoms with Crippen LogP contribution in [-0.4, -0.2) is 20.4 Å². The van der Waals surface area contributed by atoms with E-state index >= 15 is 0 Å². The molecule has 6 nitrogen and oxygen atoms in total. The van der Waals surface area contributed by atoms with Crippen LogP contribution in [0.15, 0.2) is 71.1 Å². The molecule has 142 valence electrons. The van der Waals surface area contributed by atoms with Crippen molar-refractivity contribution in [2.45, 2.75) is 6.54 Å². The molecule has 0 fully saturated rings. The molecule has 2 aromatic carbocycles. The third kappa shape index (κ3) is 3.32. The molecule has 3 aromatic heterocycles. The van der Waals surface area contributed by atoms with Gasteiger partial charge < -0.3 is 5.32 Å². The molecule has 0 saturated carbocycles. The second kappa shape index (κ2) is 7.23. The van der Waals surface area contributed by atoms with Crippen molar-refractivity contribution in [3.63, 3.8) is 0 Å². The van der Waals surface area contributed by atoms with Gasteiger partial charge in [0, 0.05) is 5.56 Å². The van der Waals surface area contributed by atoms with Gasteiger partial charge in [0.1, 0.15) is 16.4 Å². The average Bonchev–Trinajstić information content (AvgIpc) is 3.37. The number of carbonyl (C=O) groups excluding carboxylic acids is 1. The second-order valence-corrected chi connectivity index (χ2v) is 8.32. The van der Waals surface area contributed by atoms with Gasteiger partial charge >= 0.3 is 0 Å². The predicted octanol–water partition coefficient (Wildman–Crippen LogP) is 4.37. The number of thiazole rings is 1. The van der Waals surface area contributed by atoms with Crippen LogP contribution in [0.3, 0.4) is 0 Å². The zero-order valence-electron chi connectivity index (χ0n) is 15.0. The molecule has 8 heteroatoms. The summed E-state index contributed by atoms with van der Waals surface area (Å²) < 4.78 is 2.41. The molecule has 0 spiro atoms. The van der Waals surface area contributed by atoms with Crippen LogP contribution in [-0.2, 0) is 11.3 Å². The smallest absolute Gasteiger partial charge is 0.262 e. The quantitative estimate of drug-likeness (QED) is 0.470. The standard InChI is InChI=1S/C21H14N4O2S2/c26-18(11-25-12-22-19-14(21(25)27)9-10-28-19)23-15-6-2-1-5-13(15)20-24-16-7-3-4-8-17(16)29-20/h1-10,12H,11H2,(H,23,26). The molecule has 5 aromatic rings. The number of nitrogens with one attached hydrogen (secondary N) is 1. The number of benzene rings is 2. The number of hydrogen-bond donors (Lipinski definition) is 1. The van der Waals surface area contributed by atoms with Crippen LogP contribution in [0.1, 0.15) is 0 Å². The van der Waals surface area contributed by atoms with Gasteiger partial charge in [-0.1, -0.05) is 24.3 Å². The Labute approximate surface area is 173 Å². The van der Waals surface area contributed by atoms with E-state index in [4.69, 9.17) is 0 Å². The largest absolute Gasteiger partial charge is 0.324 e. The van der Waals surface area contributed by atoms with Crippen LogP contribution >= 0.6 is 22.7 Å². The fourth-order valence-corrected chi connectivity index (χ4v) is 4.84. The number of anilines is 1. The summed E-state index contributed by atoms with van der Waals surface area (Å²) in [5, 5.41) is 6.09. The number of fused-ring (bicyclic) bond motifs is 2. The van der Waals surface area contributed by atoms with Gasteiger partial charge in [0.2, 0.25) is 5.91 Å². The van der Waals surface area contributed by atoms with E-state index in [0.717, 1.165) is 20.8 Å². The Morgan fingerprint density at radius 2 is 1.90 bits per heavy atom. The van der Waals surface area contributed by atoms with Crippen LogP contribution in [0.5, 0.6) is 0 Å². The fourth-order valence-electron chi connectivity index (χ4n) is 3.12. The number of nitrogens with zero attached hydrogens (tertiary/aromatic N) is 3. The maximum absolute atomic E-state index is 12.7. The van der Waals surface area contributed by atoms with E-state index in [1.54, 1.807) is 17.4 Å². The molecule has 5 rings (SSSR count). The SMILES string of the molecule is O=C(Cn1cnc2sccc2c1=O)Nc1ccccc1-c1nc2ccccc2s1. The molecular formula is C21H14N4O2S2. The van der Waals surface area contributed by atoms with Crippen molar-refractivity contribution in [2.24, 2.45) is 0 Å². The molecule has 0 aliphatic heterocycles. The van der Waals surface area contributed by atoms with Gasteiger partial charge in [-0.2, -0.15) is 0 Å². The number of carbonyl (C=O) groups is 1. The monoisotopic (exact) mass is 418 g/mol. The van der Waals surface area contributed by atoms with Crippen LogP contribution < -0.4 is 10.9 Å². The lowest BCUT2D eigenvalue weighted by atomic mass is 10.2. The molecule has 29 heavy (non-hydrogen) atoms. The Balaban J connectivity index is 1.43. The number of thiophene rings is 1.